The van der Waals surface area contributed by atoms with Crippen LogP contribution in [0.5, 0.6) is 0 Å². The van der Waals surface area contributed by atoms with Gasteiger partial charge < -0.3 is 5.32 Å². The summed E-state index contributed by atoms with van der Waals surface area (Å²) >= 11 is 1.60. The number of amides is 1. The van der Waals surface area contributed by atoms with Crippen LogP contribution < -0.4 is 10.9 Å². The van der Waals surface area contributed by atoms with Gasteiger partial charge in [-0.3, -0.25) is 14.0 Å². The molecule has 0 saturated carbocycles. The van der Waals surface area contributed by atoms with Crippen LogP contribution in [-0.2, 0) is 17.8 Å². The van der Waals surface area contributed by atoms with Crippen molar-refractivity contribution in [2.24, 2.45) is 0 Å². The molecular formula is C20H24N4O2S. The van der Waals surface area contributed by atoms with Crippen LogP contribution in [-0.4, -0.2) is 26.6 Å². The molecule has 1 aliphatic rings. The van der Waals surface area contributed by atoms with Crippen molar-refractivity contribution < 1.29 is 4.79 Å². The number of fused-ring (bicyclic) bond motifs is 3. The second-order valence-corrected chi connectivity index (χ2v) is 7.92. The lowest BCUT2D eigenvalue weighted by Gasteiger charge is -2.13. The summed E-state index contributed by atoms with van der Waals surface area (Å²) in [5, 5.41) is 9.40. The van der Waals surface area contributed by atoms with Gasteiger partial charge in [-0.25, -0.2) is 4.68 Å². The van der Waals surface area contributed by atoms with Gasteiger partial charge in [0.25, 0.3) is 5.56 Å². The molecule has 0 aliphatic heterocycles. The van der Waals surface area contributed by atoms with Crippen molar-refractivity contribution in [3.8, 4) is 0 Å². The first-order valence-electron chi connectivity index (χ1n) is 9.60. The number of nitrogens with one attached hydrogen (secondary N) is 1. The van der Waals surface area contributed by atoms with Gasteiger partial charge in [0, 0.05) is 13.0 Å². The molecule has 1 N–H and O–H groups in total. The standard InChI is InChI=1S/C20H24N4O2S/c1-2-18-22-23(13-19(25)21-10-8-14-6-4-3-5-7-14)20(26)16-12-17-15(24(16)18)9-11-27-17/h6,9,11-12H,2-5,7-8,10,13H2,1H3,(H,21,25). The molecule has 4 rings (SSSR count). The molecule has 3 aromatic heterocycles. The molecule has 0 atom stereocenters. The Morgan fingerprint density at radius 2 is 2.22 bits per heavy atom. The Morgan fingerprint density at radius 3 is 3.00 bits per heavy atom. The molecule has 0 fully saturated rings. The Hall–Kier alpha value is -2.41. The first kappa shape index (κ1) is 18.0. The van der Waals surface area contributed by atoms with Crippen molar-refractivity contribution in [1.29, 1.82) is 0 Å². The van der Waals surface area contributed by atoms with E-state index < -0.39 is 0 Å². The van der Waals surface area contributed by atoms with Crippen LogP contribution in [0.15, 0.2) is 34.0 Å². The summed E-state index contributed by atoms with van der Waals surface area (Å²) in [6, 6.07) is 3.90. The third-order valence-corrected chi connectivity index (χ3v) is 5.99. The number of nitrogens with zero attached hydrogens (tertiary/aromatic N) is 3. The molecule has 0 aromatic carbocycles. The summed E-state index contributed by atoms with van der Waals surface area (Å²) in [5.41, 5.74) is 2.80. The van der Waals surface area contributed by atoms with E-state index in [2.05, 4.69) is 16.5 Å². The number of thiophene rings is 1. The number of carbonyl (C=O) groups excluding carboxylic acids is 1. The molecule has 142 valence electrons. The highest BCUT2D eigenvalue weighted by molar-refractivity contribution is 7.17. The van der Waals surface area contributed by atoms with Gasteiger partial charge in [-0.2, -0.15) is 5.10 Å². The van der Waals surface area contributed by atoms with Crippen LogP contribution in [0.1, 0.15) is 44.9 Å². The van der Waals surface area contributed by atoms with E-state index in [0.29, 0.717) is 18.5 Å². The Labute approximate surface area is 161 Å². The maximum Gasteiger partial charge on any atom is 0.291 e. The van der Waals surface area contributed by atoms with Crippen molar-refractivity contribution in [3.63, 3.8) is 0 Å². The maximum atomic E-state index is 12.8. The monoisotopic (exact) mass is 384 g/mol. The van der Waals surface area contributed by atoms with E-state index in [4.69, 9.17) is 0 Å². The van der Waals surface area contributed by atoms with Crippen molar-refractivity contribution in [3.05, 3.63) is 45.3 Å². The van der Waals surface area contributed by atoms with Crippen LogP contribution in [0.25, 0.3) is 15.7 Å². The van der Waals surface area contributed by atoms with E-state index in [0.717, 1.165) is 35.3 Å². The maximum absolute atomic E-state index is 12.8. The number of hydrogen-bond donors (Lipinski definition) is 1. The Bertz CT molecular complexity index is 1070. The molecule has 0 spiro atoms. The lowest BCUT2D eigenvalue weighted by atomic mass is 9.97. The molecule has 1 amide bonds. The van der Waals surface area contributed by atoms with Crippen LogP contribution in [0.2, 0.25) is 0 Å². The van der Waals surface area contributed by atoms with E-state index in [1.54, 1.807) is 11.3 Å². The van der Waals surface area contributed by atoms with E-state index >= 15 is 0 Å². The SMILES string of the molecule is CCc1nn(CC(=O)NCCC2=CCCCC2)c(=O)c2cc3sccc3n12. The minimum atomic E-state index is -0.222. The van der Waals surface area contributed by atoms with E-state index in [1.165, 1.54) is 23.1 Å². The minimum absolute atomic E-state index is 0.0415. The fourth-order valence-corrected chi connectivity index (χ4v) is 4.55. The Kier molecular flexibility index (Phi) is 5.11. The summed E-state index contributed by atoms with van der Waals surface area (Å²) in [6.07, 6.45) is 8.67. The predicted octanol–water partition coefficient (Wildman–Crippen LogP) is 3.28. The lowest BCUT2D eigenvalue weighted by molar-refractivity contribution is -0.121. The van der Waals surface area contributed by atoms with E-state index in [-0.39, 0.29) is 18.0 Å². The third-order valence-electron chi connectivity index (χ3n) is 5.13. The molecule has 1 aliphatic carbocycles. The van der Waals surface area contributed by atoms with Gasteiger partial charge in [-0.1, -0.05) is 18.6 Å². The third kappa shape index (κ3) is 3.56. The summed E-state index contributed by atoms with van der Waals surface area (Å²) in [6.45, 7) is 2.58. The van der Waals surface area contributed by atoms with Crippen LogP contribution in [0, 0.1) is 0 Å². The van der Waals surface area contributed by atoms with Crippen molar-refractivity contribution in [2.45, 2.75) is 52.0 Å². The first-order valence-corrected chi connectivity index (χ1v) is 10.5. The van der Waals surface area contributed by atoms with E-state index in [9.17, 15) is 9.59 Å². The van der Waals surface area contributed by atoms with Crippen molar-refractivity contribution >= 4 is 33.0 Å². The van der Waals surface area contributed by atoms with Gasteiger partial charge in [0.1, 0.15) is 17.9 Å². The largest absolute Gasteiger partial charge is 0.354 e. The van der Waals surface area contributed by atoms with Crippen LogP contribution in [0.4, 0.5) is 0 Å². The molecule has 7 heteroatoms. The molecule has 0 radical (unpaired) electrons. The van der Waals surface area contributed by atoms with Crippen LogP contribution in [0.3, 0.4) is 0 Å². The quantitative estimate of drug-likeness (QED) is 0.663. The topological polar surface area (TPSA) is 68.4 Å². The first-order chi connectivity index (χ1) is 13.2. The summed E-state index contributed by atoms with van der Waals surface area (Å²) in [5.74, 6) is 0.624. The summed E-state index contributed by atoms with van der Waals surface area (Å²) in [7, 11) is 0. The van der Waals surface area contributed by atoms with Gasteiger partial charge in [0.05, 0.1) is 10.2 Å². The van der Waals surface area contributed by atoms with Gasteiger partial charge in [-0.15, -0.1) is 11.3 Å². The Balaban J connectivity index is 1.51. The molecule has 0 saturated heterocycles. The summed E-state index contributed by atoms with van der Waals surface area (Å²) in [4.78, 5) is 25.1. The molecule has 3 aromatic rings. The molecule has 27 heavy (non-hydrogen) atoms. The van der Waals surface area contributed by atoms with Gasteiger partial charge >= 0.3 is 0 Å². The predicted molar refractivity (Wildman–Crippen MR) is 108 cm³/mol. The zero-order chi connectivity index (χ0) is 18.8. The van der Waals surface area contributed by atoms with Gasteiger partial charge in [0.15, 0.2) is 0 Å². The smallest absolute Gasteiger partial charge is 0.291 e. The zero-order valence-electron chi connectivity index (χ0n) is 15.5. The van der Waals surface area contributed by atoms with Gasteiger partial charge in [-0.05, 0) is 49.6 Å². The average molecular weight is 385 g/mol. The average Bonchev–Trinajstić information content (AvgIpc) is 3.26. The fourth-order valence-electron chi connectivity index (χ4n) is 3.74. The summed E-state index contributed by atoms with van der Waals surface area (Å²) < 4.78 is 4.27. The number of aryl methyl sites for hydroxylation is 1. The highest BCUT2D eigenvalue weighted by Gasteiger charge is 2.15. The minimum Gasteiger partial charge on any atom is -0.354 e. The molecule has 0 unspecified atom stereocenters. The number of aromatic nitrogens is 3. The second kappa shape index (κ2) is 7.68. The number of allylic oxidation sites excluding steroid dienone is 1. The fraction of sp³-hybridized carbons (Fsp3) is 0.450. The highest BCUT2D eigenvalue weighted by atomic mass is 32.1. The second-order valence-electron chi connectivity index (χ2n) is 6.98. The number of hydrogen-bond acceptors (Lipinski definition) is 4. The van der Waals surface area contributed by atoms with E-state index in [1.807, 2.05) is 28.8 Å². The Morgan fingerprint density at radius 1 is 1.33 bits per heavy atom. The number of carbonyl (C=O) groups is 1. The van der Waals surface area contributed by atoms with Crippen molar-refractivity contribution in [2.75, 3.05) is 6.54 Å². The van der Waals surface area contributed by atoms with Crippen molar-refractivity contribution in [1.82, 2.24) is 19.5 Å². The molecular weight excluding hydrogens is 360 g/mol. The van der Waals surface area contributed by atoms with Gasteiger partial charge in [0.2, 0.25) is 5.91 Å². The zero-order valence-corrected chi connectivity index (χ0v) is 16.3. The highest BCUT2D eigenvalue weighted by Crippen LogP contribution is 2.24. The lowest BCUT2D eigenvalue weighted by Crippen LogP contribution is -2.35. The molecule has 3 heterocycles. The van der Waals surface area contributed by atoms with Crippen LogP contribution >= 0.6 is 11.3 Å². The molecule has 6 nitrogen and oxygen atoms in total. The normalized spacial score (nSPS) is 14.6. The number of rotatable bonds is 6. The molecule has 0 bridgehead atoms.